The maximum Gasteiger partial charge on any atom is 0.192 e. The van der Waals surface area contributed by atoms with Crippen molar-refractivity contribution >= 4 is 11.1 Å². The van der Waals surface area contributed by atoms with Gasteiger partial charge in [0.1, 0.15) is 5.52 Å². The smallest absolute Gasteiger partial charge is 0.192 e. The molecule has 0 spiro atoms. The zero-order valence-corrected chi connectivity index (χ0v) is 10.5. The molecule has 2 aromatic rings. The van der Waals surface area contributed by atoms with Crippen LogP contribution >= 0.6 is 0 Å². The van der Waals surface area contributed by atoms with Gasteiger partial charge in [-0.2, -0.15) is 0 Å². The SMILES string of the molecule is CCCC(C)(C)c1ccc2nc(C)oc2c1. The van der Waals surface area contributed by atoms with Crippen LogP contribution in [-0.4, -0.2) is 4.98 Å². The highest BCUT2D eigenvalue weighted by Crippen LogP contribution is 2.30. The van der Waals surface area contributed by atoms with Gasteiger partial charge in [0.25, 0.3) is 0 Å². The van der Waals surface area contributed by atoms with Gasteiger partial charge >= 0.3 is 0 Å². The summed E-state index contributed by atoms with van der Waals surface area (Å²) in [6, 6.07) is 6.35. The van der Waals surface area contributed by atoms with Crippen LogP contribution in [-0.2, 0) is 5.41 Å². The number of rotatable bonds is 3. The van der Waals surface area contributed by atoms with E-state index in [2.05, 4.69) is 44.0 Å². The quantitative estimate of drug-likeness (QED) is 0.769. The summed E-state index contributed by atoms with van der Waals surface area (Å²) in [5.74, 6) is 0.737. The van der Waals surface area contributed by atoms with E-state index in [-0.39, 0.29) is 5.41 Å². The van der Waals surface area contributed by atoms with Gasteiger partial charge in [0.15, 0.2) is 11.5 Å². The lowest BCUT2D eigenvalue weighted by Crippen LogP contribution is -2.16. The first-order valence-corrected chi connectivity index (χ1v) is 5.90. The van der Waals surface area contributed by atoms with E-state index in [1.165, 1.54) is 18.4 Å². The van der Waals surface area contributed by atoms with Crippen molar-refractivity contribution < 1.29 is 4.42 Å². The molecule has 2 rings (SSSR count). The number of hydrogen-bond donors (Lipinski definition) is 0. The normalized spacial score (nSPS) is 12.2. The molecule has 1 heterocycles. The Morgan fingerprint density at radius 1 is 1.31 bits per heavy atom. The molecule has 86 valence electrons. The van der Waals surface area contributed by atoms with E-state index in [9.17, 15) is 0 Å². The highest BCUT2D eigenvalue weighted by molar-refractivity contribution is 5.73. The summed E-state index contributed by atoms with van der Waals surface area (Å²) in [7, 11) is 0. The summed E-state index contributed by atoms with van der Waals surface area (Å²) in [5.41, 5.74) is 3.40. The van der Waals surface area contributed by atoms with Crippen LogP contribution in [0.25, 0.3) is 11.1 Å². The first-order valence-electron chi connectivity index (χ1n) is 5.90. The van der Waals surface area contributed by atoms with E-state index < -0.39 is 0 Å². The number of aryl methyl sites for hydroxylation is 1. The molecule has 0 saturated heterocycles. The second-order valence-corrected chi connectivity index (χ2v) is 5.05. The highest BCUT2D eigenvalue weighted by atomic mass is 16.3. The molecule has 0 aliphatic rings. The molecule has 0 radical (unpaired) electrons. The van der Waals surface area contributed by atoms with Gasteiger partial charge in [-0.05, 0) is 29.5 Å². The minimum Gasteiger partial charge on any atom is -0.441 e. The van der Waals surface area contributed by atoms with Crippen LogP contribution in [0.3, 0.4) is 0 Å². The van der Waals surface area contributed by atoms with Crippen molar-refractivity contribution in [2.45, 2.75) is 46.0 Å². The van der Waals surface area contributed by atoms with Gasteiger partial charge in [-0.1, -0.05) is 33.3 Å². The summed E-state index contributed by atoms with van der Waals surface area (Å²) in [4.78, 5) is 4.32. The maximum absolute atomic E-state index is 5.57. The van der Waals surface area contributed by atoms with E-state index in [1.54, 1.807) is 0 Å². The zero-order chi connectivity index (χ0) is 11.8. The largest absolute Gasteiger partial charge is 0.441 e. The molecule has 0 saturated carbocycles. The van der Waals surface area contributed by atoms with Gasteiger partial charge in [-0.25, -0.2) is 4.98 Å². The molecule has 0 atom stereocenters. The Morgan fingerprint density at radius 2 is 2.06 bits per heavy atom. The summed E-state index contributed by atoms with van der Waals surface area (Å²) in [6.07, 6.45) is 2.38. The molecule has 1 aromatic heterocycles. The molecule has 0 amide bonds. The van der Waals surface area contributed by atoms with Crippen LogP contribution in [0.4, 0.5) is 0 Å². The van der Waals surface area contributed by atoms with Crippen molar-refractivity contribution in [3.05, 3.63) is 29.7 Å². The molecule has 0 unspecified atom stereocenters. The lowest BCUT2D eigenvalue weighted by Gasteiger charge is -2.24. The van der Waals surface area contributed by atoms with Crippen LogP contribution in [0.15, 0.2) is 22.6 Å². The average Bonchev–Trinajstić information content (AvgIpc) is 2.56. The second-order valence-electron chi connectivity index (χ2n) is 5.05. The van der Waals surface area contributed by atoms with Gasteiger partial charge in [-0.15, -0.1) is 0 Å². The number of benzene rings is 1. The lowest BCUT2D eigenvalue weighted by atomic mass is 9.81. The van der Waals surface area contributed by atoms with E-state index >= 15 is 0 Å². The third kappa shape index (κ3) is 1.97. The maximum atomic E-state index is 5.57. The molecular weight excluding hydrogens is 198 g/mol. The molecule has 16 heavy (non-hydrogen) atoms. The first kappa shape index (κ1) is 11.2. The summed E-state index contributed by atoms with van der Waals surface area (Å²) in [6.45, 7) is 8.66. The Hall–Kier alpha value is -1.31. The van der Waals surface area contributed by atoms with Crippen LogP contribution in [0.2, 0.25) is 0 Å². The number of hydrogen-bond acceptors (Lipinski definition) is 2. The zero-order valence-electron chi connectivity index (χ0n) is 10.5. The molecular formula is C14H19NO. The summed E-state index contributed by atoms with van der Waals surface area (Å²) < 4.78 is 5.57. The predicted molar refractivity (Wildman–Crippen MR) is 66.7 cm³/mol. The number of aromatic nitrogens is 1. The Balaban J connectivity index is 2.45. The van der Waals surface area contributed by atoms with Gasteiger partial charge in [0.05, 0.1) is 0 Å². The van der Waals surface area contributed by atoms with Gasteiger partial charge in [0, 0.05) is 6.92 Å². The van der Waals surface area contributed by atoms with Gasteiger partial charge in [0.2, 0.25) is 0 Å². The van der Waals surface area contributed by atoms with Crippen molar-refractivity contribution in [3.63, 3.8) is 0 Å². The fourth-order valence-electron chi connectivity index (χ4n) is 2.23. The Bertz CT molecular complexity index is 496. The topological polar surface area (TPSA) is 26.0 Å². The van der Waals surface area contributed by atoms with Crippen molar-refractivity contribution in [2.75, 3.05) is 0 Å². The molecule has 2 nitrogen and oxygen atoms in total. The predicted octanol–water partition coefficient (Wildman–Crippen LogP) is 4.21. The van der Waals surface area contributed by atoms with Crippen molar-refractivity contribution in [1.82, 2.24) is 4.98 Å². The highest BCUT2D eigenvalue weighted by Gasteiger charge is 2.20. The second kappa shape index (κ2) is 3.93. The van der Waals surface area contributed by atoms with Crippen LogP contribution in [0, 0.1) is 6.92 Å². The number of fused-ring (bicyclic) bond motifs is 1. The number of oxazole rings is 1. The monoisotopic (exact) mass is 217 g/mol. The van der Waals surface area contributed by atoms with Gasteiger partial charge < -0.3 is 4.42 Å². The van der Waals surface area contributed by atoms with Crippen molar-refractivity contribution in [3.8, 4) is 0 Å². The summed E-state index contributed by atoms with van der Waals surface area (Å²) >= 11 is 0. The van der Waals surface area contributed by atoms with Crippen LogP contribution in [0.5, 0.6) is 0 Å². The average molecular weight is 217 g/mol. The van der Waals surface area contributed by atoms with Crippen molar-refractivity contribution in [2.24, 2.45) is 0 Å². The molecule has 2 heteroatoms. The summed E-state index contributed by atoms with van der Waals surface area (Å²) in [5, 5.41) is 0. The molecule has 1 aromatic carbocycles. The molecule has 0 fully saturated rings. The van der Waals surface area contributed by atoms with E-state index in [1.807, 2.05) is 6.92 Å². The fourth-order valence-corrected chi connectivity index (χ4v) is 2.23. The molecule has 0 bridgehead atoms. The Labute approximate surface area is 96.7 Å². The Morgan fingerprint density at radius 3 is 2.75 bits per heavy atom. The lowest BCUT2D eigenvalue weighted by molar-refractivity contribution is 0.472. The minimum absolute atomic E-state index is 0.212. The third-order valence-corrected chi connectivity index (χ3v) is 3.15. The molecule has 0 aliphatic heterocycles. The minimum atomic E-state index is 0.212. The van der Waals surface area contributed by atoms with E-state index in [0.29, 0.717) is 0 Å². The van der Waals surface area contributed by atoms with E-state index in [4.69, 9.17) is 4.42 Å². The van der Waals surface area contributed by atoms with E-state index in [0.717, 1.165) is 17.0 Å². The fraction of sp³-hybridized carbons (Fsp3) is 0.500. The van der Waals surface area contributed by atoms with Crippen molar-refractivity contribution in [1.29, 1.82) is 0 Å². The van der Waals surface area contributed by atoms with Crippen LogP contribution < -0.4 is 0 Å². The molecule has 0 aliphatic carbocycles. The Kier molecular flexibility index (Phi) is 2.75. The molecule has 0 N–H and O–H groups in total. The van der Waals surface area contributed by atoms with Crippen LogP contribution in [0.1, 0.15) is 45.1 Å². The number of nitrogens with zero attached hydrogens (tertiary/aromatic N) is 1. The van der Waals surface area contributed by atoms with Gasteiger partial charge in [-0.3, -0.25) is 0 Å². The third-order valence-electron chi connectivity index (χ3n) is 3.15. The first-order chi connectivity index (χ1) is 7.53. The standard InChI is InChI=1S/C14H19NO/c1-5-8-14(3,4)11-6-7-12-13(9-11)16-10(2)15-12/h6-7,9H,5,8H2,1-4H3.